The van der Waals surface area contributed by atoms with Crippen molar-refractivity contribution in [3.8, 4) is 23.1 Å². The van der Waals surface area contributed by atoms with Gasteiger partial charge in [-0.25, -0.2) is 14.4 Å². The molecule has 0 amide bonds. The molecule has 0 aliphatic rings. The standard InChI is InChI=1S/C24H27FN4O3/c1-4-26-24(28-14-17-5-11-21(30-2)22(13-17)31-3)29-16-18-6-12-23(27-15-18)32-20-9-7-19(25)8-10-20/h5-13,15H,4,14,16H2,1-3H3,(H2,26,28,29). The van der Waals surface area contributed by atoms with Crippen LogP contribution in [0.25, 0.3) is 0 Å². The highest BCUT2D eigenvalue weighted by molar-refractivity contribution is 5.79. The zero-order valence-electron chi connectivity index (χ0n) is 18.4. The van der Waals surface area contributed by atoms with Gasteiger partial charge in [0.2, 0.25) is 5.88 Å². The minimum atomic E-state index is -0.310. The Labute approximate surface area is 187 Å². The van der Waals surface area contributed by atoms with E-state index in [0.29, 0.717) is 42.2 Å². The Balaban J connectivity index is 1.59. The highest BCUT2D eigenvalue weighted by atomic mass is 19.1. The van der Waals surface area contributed by atoms with Crippen molar-refractivity contribution in [2.75, 3.05) is 20.8 Å². The Morgan fingerprint density at radius 2 is 1.69 bits per heavy atom. The molecule has 0 fully saturated rings. The Morgan fingerprint density at radius 1 is 0.938 bits per heavy atom. The van der Waals surface area contributed by atoms with Crippen LogP contribution in [0.1, 0.15) is 18.1 Å². The molecule has 0 bridgehead atoms. The van der Waals surface area contributed by atoms with E-state index < -0.39 is 0 Å². The topological polar surface area (TPSA) is 77.0 Å². The highest BCUT2D eigenvalue weighted by Gasteiger charge is 2.06. The van der Waals surface area contributed by atoms with Gasteiger partial charge >= 0.3 is 0 Å². The molecule has 2 aromatic carbocycles. The lowest BCUT2D eigenvalue weighted by Gasteiger charge is -2.13. The SMILES string of the molecule is CCNC(=NCc1ccc(Oc2ccc(F)cc2)nc1)NCc1ccc(OC)c(OC)c1. The van der Waals surface area contributed by atoms with Gasteiger partial charge in [-0.2, -0.15) is 0 Å². The van der Waals surface area contributed by atoms with Crippen LogP contribution >= 0.6 is 0 Å². The number of nitrogens with one attached hydrogen (secondary N) is 2. The van der Waals surface area contributed by atoms with Crippen LogP contribution in [0.2, 0.25) is 0 Å². The van der Waals surface area contributed by atoms with E-state index in [2.05, 4.69) is 20.6 Å². The van der Waals surface area contributed by atoms with Crippen molar-refractivity contribution in [1.82, 2.24) is 15.6 Å². The van der Waals surface area contributed by atoms with E-state index in [0.717, 1.165) is 17.7 Å². The van der Waals surface area contributed by atoms with E-state index in [4.69, 9.17) is 14.2 Å². The summed E-state index contributed by atoms with van der Waals surface area (Å²) in [5.74, 6) is 2.71. The van der Waals surface area contributed by atoms with Crippen LogP contribution in [0.15, 0.2) is 65.8 Å². The summed E-state index contributed by atoms with van der Waals surface area (Å²) in [7, 11) is 3.23. The molecule has 2 N–H and O–H groups in total. The summed E-state index contributed by atoms with van der Waals surface area (Å²) in [4.78, 5) is 8.91. The molecule has 7 nitrogen and oxygen atoms in total. The van der Waals surface area contributed by atoms with E-state index >= 15 is 0 Å². The molecule has 0 saturated heterocycles. The van der Waals surface area contributed by atoms with Crippen LogP contribution in [-0.2, 0) is 13.1 Å². The monoisotopic (exact) mass is 438 g/mol. The third-order valence-corrected chi connectivity index (χ3v) is 4.51. The number of methoxy groups -OCH3 is 2. The number of benzene rings is 2. The predicted octanol–water partition coefficient (Wildman–Crippen LogP) is 4.29. The second-order valence-corrected chi connectivity index (χ2v) is 6.80. The normalized spacial score (nSPS) is 11.1. The van der Waals surface area contributed by atoms with Crippen molar-refractivity contribution < 1.29 is 18.6 Å². The Morgan fingerprint density at radius 3 is 2.34 bits per heavy atom. The lowest BCUT2D eigenvalue weighted by Crippen LogP contribution is -2.36. The number of aromatic nitrogens is 1. The molecule has 168 valence electrons. The van der Waals surface area contributed by atoms with Gasteiger partial charge in [-0.1, -0.05) is 12.1 Å². The van der Waals surface area contributed by atoms with Gasteiger partial charge in [0.25, 0.3) is 0 Å². The van der Waals surface area contributed by atoms with Gasteiger partial charge in [0.15, 0.2) is 17.5 Å². The van der Waals surface area contributed by atoms with Crippen molar-refractivity contribution in [2.45, 2.75) is 20.0 Å². The van der Waals surface area contributed by atoms with Crippen LogP contribution < -0.4 is 24.8 Å². The van der Waals surface area contributed by atoms with Gasteiger partial charge in [-0.05, 0) is 54.4 Å². The number of pyridine rings is 1. The lowest BCUT2D eigenvalue weighted by molar-refractivity contribution is 0.354. The van der Waals surface area contributed by atoms with E-state index in [1.807, 2.05) is 31.2 Å². The first-order valence-electron chi connectivity index (χ1n) is 10.2. The average molecular weight is 439 g/mol. The third kappa shape index (κ3) is 6.60. The first kappa shape index (κ1) is 22.9. The fourth-order valence-corrected chi connectivity index (χ4v) is 2.88. The minimum Gasteiger partial charge on any atom is -0.493 e. The van der Waals surface area contributed by atoms with Crippen molar-refractivity contribution in [1.29, 1.82) is 0 Å². The average Bonchev–Trinajstić information content (AvgIpc) is 2.83. The first-order chi connectivity index (χ1) is 15.6. The molecule has 0 radical (unpaired) electrons. The maximum Gasteiger partial charge on any atom is 0.219 e. The largest absolute Gasteiger partial charge is 0.493 e. The van der Waals surface area contributed by atoms with Crippen molar-refractivity contribution in [3.63, 3.8) is 0 Å². The van der Waals surface area contributed by atoms with E-state index in [1.165, 1.54) is 12.1 Å². The maximum absolute atomic E-state index is 13.0. The quantitative estimate of drug-likeness (QED) is 0.384. The molecule has 0 saturated carbocycles. The van der Waals surface area contributed by atoms with E-state index in [1.54, 1.807) is 38.6 Å². The van der Waals surface area contributed by atoms with Gasteiger partial charge < -0.3 is 24.8 Å². The van der Waals surface area contributed by atoms with Crippen LogP contribution in [0.4, 0.5) is 4.39 Å². The summed E-state index contributed by atoms with van der Waals surface area (Å²) in [6.45, 7) is 3.77. The van der Waals surface area contributed by atoms with Crippen molar-refractivity contribution in [3.05, 3.63) is 77.7 Å². The van der Waals surface area contributed by atoms with Crippen LogP contribution in [0.5, 0.6) is 23.1 Å². The second kappa shape index (κ2) is 11.5. The molecule has 0 unspecified atom stereocenters. The molecule has 0 aliphatic heterocycles. The second-order valence-electron chi connectivity index (χ2n) is 6.80. The van der Waals surface area contributed by atoms with Gasteiger partial charge in [0.05, 0.1) is 20.8 Å². The molecule has 3 aromatic rings. The van der Waals surface area contributed by atoms with Crippen molar-refractivity contribution >= 4 is 5.96 Å². The molecule has 0 spiro atoms. The first-order valence-corrected chi connectivity index (χ1v) is 10.2. The summed E-state index contributed by atoms with van der Waals surface area (Å²) < 4.78 is 29.2. The summed E-state index contributed by atoms with van der Waals surface area (Å²) >= 11 is 0. The van der Waals surface area contributed by atoms with Crippen LogP contribution in [-0.4, -0.2) is 31.7 Å². The number of hydrogen-bond donors (Lipinski definition) is 2. The maximum atomic E-state index is 13.0. The molecule has 1 heterocycles. The Hall–Kier alpha value is -3.81. The number of hydrogen-bond acceptors (Lipinski definition) is 5. The molecule has 0 aliphatic carbocycles. The minimum absolute atomic E-state index is 0.310. The molecule has 3 rings (SSSR count). The van der Waals surface area contributed by atoms with E-state index in [-0.39, 0.29) is 5.82 Å². The van der Waals surface area contributed by atoms with Crippen LogP contribution in [0.3, 0.4) is 0 Å². The van der Waals surface area contributed by atoms with Gasteiger partial charge in [-0.3, -0.25) is 0 Å². The molecule has 1 aromatic heterocycles. The summed E-state index contributed by atoms with van der Waals surface area (Å²) in [5, 5.41) is 6.54. The van der Waals surface area contributed by atoms with Crippen molar-refractivity contribution in [2.24, 2.45) is 4.99 Å². The number of halogens is 1. The Bertz CT molecular complexity index is 1020. The summed E-state index contributed by atoms with van der Waals surface area (Å²) in [6, 6.07) is 15.2. The highest BCUT2D eigenvalue weighted by Crippen LogP contribution is 2.27. The number of nitrogens with zero attached hydrogens (tertiary/aromatic N) is 2. The molecule has 8 heteroatoms. The number of aliphatic imine (C=N–C) groups is 1. The third-order valence-electron chi connectivity index (χ3n) is 4.51. The smallest absolute Gasteiger partial charge is 0.219 e. The predicted molar refractivity (Wildman–Crippen MR) is 122 cm³/mol. The van der Waals surface area contributed by atoms with Gasteiger partial charge in [-0.15, -0.1) is 0 Å². The molecular formula is C24H27FN4O3. The molecule has 32 heavy (non-hydrogen) atoms. The fraction of sp³-hybridized carbons (Fsp3) is 0.250. The fourth-order valence-electron chi connectivity index (χ4n) is 2.88. The molecular weight excluding hydrogens is 411 g/mol. The zero-order chi connectivity index (χ0) is 22.8. The van der Waals surface area contributed by atoms with Gasteiger partial charge in [0, 0.05) is 25.4 Å². The number of ether oxygens (including phenoxy) is 3. The van der Waals surface area contributed by atoms with E-state index in [9.17, 15) is 4.39 Å². The molecule has 0 atom stereocenters. The summed E-state index contributed by atoms with van der Waals surface area (Å²) in [5.41, 5.74) is 1.97. The van der Waals surface area contributed by atoms with Crippen LogP contribution in [0, 0.1) is 5.82 Å². The Kier molecular flexibility index (Phi) is 8.25. The zero-order valence-corrected chi connectivity index (χ0v) is 18.4. The van der Waals surface area contributed by atoms with Gasteiger partial charge in [0.1, 0.15) is 11.6 Å². The number of rotatable bonds is 9. The summed E-state index contributed by atoms with van der Waals surface area (Å²) in [6.07, 6.45) is 1.71. The lowest BCUT2D eigenvalue weighted by atomic mass is 10.2. The number of guanidine groups is 1.